The number of rotatable bonds is 9. The van der Waals surface area contributed by atoms with Gasteiger partial charge in [-0.15, -0.1) is 0 Å². The van der Waals surface area contributed by atoms with Crippen molar-refractivity contribution in [3.05, 3.63) is 0 Å². The van der Waals surface area contributed by atoms with E-state index in [4.69, 9.17) is 5.73 Å². The van der Waals surface area contributed by atoms with Crippen molar-refractivity contribution in [2.24, 2.45) is 5.73 Å². The number of hydrogen-bond acceptors (Lipinski definition) is 3. The smallest absolute Gasteiger partial charge is 0.0331 e. The molecule has 120 valence electrons. The van der Waals surface area contributed by atoms with Crippen LogP contribution in [0.3, 0.4) is 0 Å². The van der Waals surface area contributed by atoms with Gasteiger partial charge in [0.15, 0.2) is 0 Å². The zero-order valence-corrected chi connectivity index (χ0v) is 14.2. The zero-order valence-electron chi connectivity index (χ0n) is 14.2. The Hall–Kier alpha value is -0.120. The van der Waals surface area contributed by atoms with Crippen molar-refractivity contribution in [3.8, 4) is 0 Å². The Balaban J connectivity index is 2.53. The third-order valence-electron chi connectivity index (χ3n) is 5.26. The summed E-state index contributed by atoms with van der Waals surface area (Å²) >= 11 is 0. The molecule has 0 bridgehead atoms. The molecule has 0 heterocycles. The van der Waals surface area contributed by atoms with Gasteiger partial charge in [-0.1, -0.05) is 46.5 Å². The molecule has 1 aliphatic rings. The third-order valence-corrected chi connectivity index (χ3v) is 5.26. The van der Waals surface area contributed by atoms with Crippen LogP contribution < -0.4 is 5.73 Å². The summed E-state index contributed by atoms with van der Waals surface area (Å²) in [7, 11) is 0. The fourth-order valence-corrected chi connectivity index (χ4v) is 3.79. The molecular weight excluding hydrogens is 246 g/mol. The Kier molecular flexibility index (Phi) is 8.74. The number of likely N-dealkylation sites (N-methyl/N-ethyl adjacent to an activating group) is 1. The highest BCUT2D eigenvalue weighted by Crippen LogP contribution is 2.31. The van der Waals surface area contributed by atoms with Crippen molar-refractivity contribution < 1.29 is 0 Å². The van der Waals surface area contributed by atoms with Crippen LogP contribution in [0.2, 0.25) is 0 Å². The first-order chi connectivity index (χ1) is 9.72. The van der Waals surface area contributed by atoms with Crippen molar-refractivity contribution in [1.29, 1.82) is 0 Å². The van der Waals surface area contributed by atoms with Crippen LogP contribution in [0.5, 0.6) is 0 Å². The van der Waals surface area contributed by atoms with Crippen LogP contribution in [-0.2, 0) is 0 Å². The van der Waals surface area contributed by atoms with Gasteiger partial charge < -0.3 is 10.6 Å². The minimum Gasteiger partial charge on any atom is -0.329 e. The summed E-state index contributed by atoms with van der Waals surface area (Å²) in [6, 6.07) is 0. The Morgan fingerprint density at radius 2 is 1.45 bits per heavy atom. The quantitative estimate of drug-likeness (QED) is 0.660. The minimum absolute atomic E-state index is 0.300. The molecule has 0 aromatic rings. The van der Waals surface area contributed by atoms with Crippen LogP contribution in [0.4, 0.5) is 0 Å². The van der Waals surface area contributed by atoms with E-state index in [9.17, 15) is 0 Å². The lowest BCUT2D eigenvalue weighted by Gasteiger charge is -2.43. The molecule has 1 rings (SSSR count). The molecular formula is C17H37N3. The summed E-state index contributed by atoms with van der Waals surface area (Å²) < 4.78 is 0. The highest BCUT2D eigenvalue weighted by atomic mass is 15.2. The van der Waals surface area contributed by atoms with E-state index < -0.39 is 0 Å². The molecule has 0 saturated heterocycles. The standard InChI is InChI=1S/C17H37N3/c1-4-19(5-2)14-11-15-20(6-3)17(16-18)12-9-7-8-10-13-17/h4-16,18H2,1-3H3. The maximum absolute atomic E-state index is 6.22. The maximum Gasteiger partial charge on any atom is 0.0331 e. The molecule has 3 heteroatoms. The lowest BCUT2D eigenvalue weighted by molar-refractivity contribution is 0.0785. The SMILES string of the molecule is CCN(CC)CCCN(CC)C1(CN)CCCCCC1. The van der Waals surface area contributed by atoms with E-state index in [-0.39, 0.29) is 0 Å². The molecule has 0 radical (unpaired) electrons. The van der Waals surface area contributed by atoms with E-state index in [1.54, 1.807) is 0 Å². The van der Waals surface area contributed by atoms with Crippen molar-refractivity contribution in [2.75, 3.05) is 39.3 Å². The van der Waals surface area contributed by atoms with Crippen LogP contribution in [0.1, 0.15) is 65.7 Å². The lowest BCUT2D eigenvalue weighted by Crippen LogP contribution is -2.54. The Labute approximate surface area is 126 Å². The highest BCUT2D eigenvalue weighted by Gasteiger charge is 2.34. The summed E-state index contributed by atoms with van der Waals surface area (Å²) in [6.45, 7) is 13.6. The van der Waals surface area contributed by atoms with Crippen LogP contribution in [0, 0.1) is 0 Å². The number of nitrogens with two attached hydrogens (primary N) is 1. The molecule has 1 aliphatic carbocycles. The summed E-state index contributed by atoms with van der Waals surface area (Å²) in [4.78, 5) is 5.22. The van der Waals surface area contributed by atoms with Gasteiger partial charge in [-0.3, -0.25) is 4.90 Å². The first-order valence-corrected chi connectivity index (χ1v) is 8.89. The topological polar surface area (TPSA) is 32.5 Å². The molecule has 1 saturated carbocycles. The van der Waals surface area contributed by atoms with Gasteiger partial charge in [-0.05, 0) is 52.0 Å². The Morgan fingerprint density at radius 3 is 1.90 bits per heavy atom. The summed E-state index contributed by atoms with van der Waals surface area (Å²) in [6.07, 6.45) is 9.42. The van der Waals surface area contributed by atoms with Gasteiger partial charge in [0.25, 0.3) is 0 Å². The molecule has 3 nitrogen and oxygen atoms in total. The van der Waals surface area contributed by atoms with E-state index in [2.05, 4.69) is 30.6 Å². The molecule has 2 N–H and O–H groups in total. The second kappa shape index (κ2) is 9.75. The molecule has 0 unspecified atom stereocenters. The fraction of sp³-hybridized carbons (Fsp3) is 1.00. The first-order valence-electron chi connectivity index (χ1n) is 8.89. The predicted molar refractivity (Wildman–Crippen MR) is 89.1 cm³/mol. The Bertz CT molecular complexity index is 230. The Morgan fingerprint density at radius 1 is 0.850 bits per heavy atom. The van der Waals surface area contributed by atoms with E-state index in [0.29, 0.717) is 5.54 Å². The number of nitrogens with zero attached hydrogens (tertiary/aromatic N) is 2. The molecule has 0 aliphatic heterocycles. The first kappa shape index (κ1) is 17.9. The molecule has 0 spiro atoms. The number of hydrogen-bond donors (Lipinski definition) is 1. The van der Waals surface area contributed by atoms with Gasteiger partial charge in [-0.2, -0.15) is 0 Å². The largest absolute Gasteiger partial charge is 0.329 e. The molecule has 1 fully saturated rings. The normalized spacial score (nSPS) is 19.5. The summed E-state index contributed by atoms with van der Waals surface area (Å²) in [5, 5.41) is 0. The minimum atomic E-state index is 0.300. The second-order valence-electron chi connectivity index (χ2n) is 6.30. The van der Waals surface area contributed by atoms with Gasteiger partial charge in [-0.25, -0.2) is 0 Å². The van der Waals surface area contributed by atoms with E-state index in [0.717, 1.165) is 13.1 Å². The second-order valence-corrected chi connectivity index (χ2v) is 6.30. The van der Waals surface area contributed by atoms with Crippen LogP contribution >= 0.6 is 0 Å². The van der Waals surface area contributed by atoms with Crippen molar-refractivity contribution in [2.45, 2.75) is 71.3 Å². The van der Waals surface area contributed by atoms with Crippen LogP contribution in [0.25, 0.3) is 0 Å². The van der Waals surface area contributed by atoms with Gasteiger partial charge in [0.2, 0.25) is 0 Å². The van der Waals surface area contributed by atoms with Crippen LogP contribution in [-0.4, -0.2) is 54.6 Å². The molecule has 0 aromatic carbocycles. The van der Waals surface area contributed by atoms with Gasteiger partial charge in [0, 0.05) is 12.1 Å². The fourth-order valence-electron chi connectivity index (χ4n) is 3.79. The molecule has 20 heavy (non-hydrogen) atoms. The van der Waals surface area contributed by atoms with Gasteiger partial charge in [0.1, 0.15) is 0 Å². The summed E-state index contributed by atoms with van der Waals surface area (Å²) in [5.74, 6) is 0. The molecule has 0 aromatic heterocycles. The van der Waals surface area contributed by atoms with Gasteiger partial charge in [0.05, 0.1) is 0 Å². The zero-order chi connectivity index (χ0) is 14.8. The summed E-state index contributed by atoms with van der Waals surface area (Å²) in [5.41, 5.74) is 6.52. The van der Waals surface area contributed by atoms with E-state index in [1.165, 1.54) is 71.1 Å². The van der Waals surface area contributed by atoms with Crippen molar-refractivity contribution in [3.63, 3.8) is 0 Å². The lowest BCUT2D eigenvalue weighted by atomic mass is 9.88. The predicted octanol–water partition coefficient (Wildman–Crippen LogP) is 3.09. The monoisotopic (exact) mass is 283 g/mol. The average Bonchev–Trinajstić information content (AvgIpc) is 2.74. The third kappa shape index (κ3) is 5.01. The highest BCUT2D eigenvalue weighted by molar-refractivity contribution is 4.92. The van der Waals surface area contributed by atoms with Crippen molar-refractivity contribution >= 4 is 0 Å². The van der Waals surface area contributed by atoms with Crippen molar-refractivity contribution in [1.82, 2.24) is 9.80 Å². The average molecular weight is 284 g/mol. The van der Waals surface area contributed by atoms with Gasteiger partial charge >= 0.3 is 0 Å². The molecule has 0 atom stereocenters. The van der Waals surface area contributed by atoms with E-state index >= 15 is 0 Å². The van der Waals surface area contributed by atoms with E-state index in [1.807, 2.05) is 0 Å². The molecule has 0 amide bonds. The van der Waals surface area contributed by atoms with Crippen LogP contribution in [0.15, 0.2) is 0 Å². The maximum atomic E-state index is 6.22.